The molecular weight excluding hydrogens is 536 g/mol. The molecule has 0 aliphatic carbocycles. The molecule has 0 radical (unpaired) electrons. The average molecular weight is 581 g/mol. The third-order valence-corrected chi connectivity index (χ3v) is 7.96. The number of nitriles is 1. The number of amides is 2. The summed E-state index contributed by atoms with van der Waals surface area (Å²) in [4.78, 5) is 26.1. The number of para-hydroxylation sites is 1. The summed E-state index contributed by atoms with van der Waals surface area (Å²) in [7, 11) is -1.38. The van der Waals surface area contributed by atoms with E-state index in [-0.39, 0.29) is 28.3 Å². The fourth-order valence-electron chi connectivity index (χ4n) is 4.71. The van der Waals surface area contributed by atoms with Gasteiger partial charge in [-0.1, -0.05) is 77.3 Å². The van der Waals surface area contributed by atoms with Gasteiger partial charge in [0.1, 0.15) is 17.8 Å². The zero-order chi connectivity index (χ0) is 30.6. The van der Waals surface area contributed by atoms with Gasteiger partial charge in [0.15, 0.2) is 9.84 Å². The first kappa shape index (κ1) is 33.6. The van der Waals surface area contributed by atoms with Crippen molar-refractivity contribution in [3.8, 4) is 6.07 Å². The summed E-state index contributed by atoms with van der Waals surface area (Å²) >= 11 is 0. The van der Waals surface area contributed by atoms with Crippen LogP contribution in [0.15, 0.2) is 59.5 Å². The molecule has 1 aromatic heterocycles. The Bertz CT molecular complexity index is 1450. The van der Waals surface area contributed by atoms with Crippen LogP contribution in [0.5, 0.6) is 0 Å². The third-order valence-electron chi connectivity index (χ3n) is 6.81. The molecule has 3 aromatic rings. The van der Waals surface area contributed by atoms with Gasteiger partial charge in [-0.25, -0.2) is 8.42 Å². The maximum atomic E-state index is 13.0. The first-order valence-corrected chi connectivity index (χ1v) is 16.2. The van der Waals surface area contributed by atoms with Crippen molar-refractivity contribution in [1.29, 1.82) is 5.26 Å². The van der Waals surface area contributed by atoms with Crippen molar-refractivity contribution in [2.24, 2.45) is 13.0 Å². The normalized spacial score (nSPS) is 12.6. The maximum Gasteiger partial charge on any atom is 0.268 e. The van der Waals surface area contributed by atoms with Crippen molar-refractivity contribution in [2.75, 3.05) is 6.26 Å². The Labute approximate surface area is 245 Å². The van der Waals surface area contributed by atoms with Crippen LogP contribution in [0, 0.1) is 17.2 Å². The van der Waals surface area contributed by atoms with E-state index >= 15 is 0 Å². The molecule has 41 heavy (non-hydrogen) atoms. The molecule has 222 valence electrons. The average Bonchev–Trinajstić information content (AvgIpc) is 3.27. The van der Waals surface area contributed by atoms with Crippen LogP contribution < -0.4 is 10.6 Å². The second-order valence-electron chi connectivity index (χ2n) is 10.8. The zero-order valence-electron chi connectivity index (χ0n) is 25.1. The summed E-state index contributed by atoms with van der Waals surface area (Å²) in [6.45, 7) is 8.45. The van der Waals surface area contributed by atoms with Crippen LogP contribution in [-0.4, -0.2) is 43.1 Å². The van der Waals surface area contributed by atoms with Crippen molar-refractivity contribution < 1.29 is 18.0 Å². The van der Waals surface area contributed by atoms with E-state index in [1.54, 1.807) is 12.1 Å². The van der Waals surface area contributed by atoms with Crippen molar-refractivity contribution in [2.45, 2.75) is 83.2 Å². The van der Waals surface area contributed by atoms with E-state index in [1.807, 2.05) is 48.0 Å². The predicted octanol–water partition coefficient (Wildman–Crippen LogP) is 5.76. The van der Waals surface area contributed by atoms with Gasteiger partial charge < -0.3 is 15.2 Å². The van der Waals surface area contributed by atoms with E-state index in [9.17, 15) is 18.0 Å². The molecule has 9 heteroatoms. The van der Waals surface area contributed by atoms with Gasteiger partial charge in [-0.2, -0.15) is 5.26 Å². The van der Waals surface area contributed by atoms with E-state index < -0.39 is 15.9 Å². The number of nitrogens with zero attached hydrogens (tertiary/aromatic N) is 2. The maximum absolute atomic E-state index is 13.0. The number of fused-ring (bicyclic) bond motifs is 1. The first-order chi connectivity index (χ1) is 19.4. The number of hydrogen-bond acceptors (Lipinski definition) is 5. The lowest BCUT2D eigenvalue weighted by Gasteiger charge is -2.24. The first-order valence-electron chi connectivity index (χ1n) is 14.3. The minimum atomic E-state index is -3.27. The van der Waals surface area contributed by atoms with Crippen LogP contribution in [0.2, 0.25) is 0 Å². The van der Waals surface area contributed by atoms with Gasteiger partial charge in [0.05, 0.1) is 10.5 Å². The van der Waals surface area contributed by atoms with E-state index in [0.29, 0.717) is 18.0 Å². The van der Waals surface area contributed by atoms with Gasteiger partial charge in [0, 0.05) is 30.2 Å². The van der Waals surface area contributed by atoms with Crippen LogP contribution in [0.1, 0.15) is 82.3 Å². The summed E-state index contributed by atoms with van der Waals surface area (Å²) in [6.07, 6.45) is 6.91. The minimum absolute atomic E-state index is 0.0691. The van der Waals surface area contributed by atoms with Gasteiger partial charge in [0.25, 0.3) is 5.91 Å². The summed E-state index contributed by atoms with van der Waals surface area (Å²) in [6, 6.07) is 17.4. The summed E-state index contributed by atoms with van der Waals surface area (Å²) in [5, 5.41) is 15.8. The Kier molecular flexibility index (Phi) is 13.1. The van der Waals surface area contributed by atoms with E-state index in [1.165, 1.54) is 12.1 Å². The lowest BCUT2D eigenvalue weighted by molar-refractivity contribution is -0.124. The summed E-state index contributed by atoms with van der Waals surface area (Å²) in [5.74, 6) is 0.0317. The van der Waals surface area contributed by atoms with E-state index in [0.717, 1.165) is 49.3 Å². The summed E-state index contributed by atoms with van der Waals surface area (Å²) in [5.41, 5.74) is 1.77. The van der Waals surface area contributed by atoms with Crippen LogP contribution in [0.25, 0.3) is 10.9 Å². The molecule has 2 amide bonds. The topological polar surface area (TPSA) is 121 Å². The number of nitrogens with one attached hydrogen (secondary N) is 2. The van der Waals surface area contributed by atoms with Crippen LogP contribution in [0.3, 0.4) is 0 Å². The van der Waals surface area contributed by atoms with E-state index in [4.69, 9.17) is 5.26 Å². The Balaban J connectivity index is 0.000000408. The van der Waals surface area contributed by atoms with Crippen LogP contribution >= 0.6 is 0 Å². The number of benzene rings is 2. The minimum Gasteiger partial charge on any atom is -0.352 e. The molecule has 0 spiro atoms. The number of sulfone groups is 1. The van der Waals surface area contributed by atoms with Crippen molar-refractivity contribution in [3.63, 3.8) is 0 Å². The molecule has 2 atom stereocenters. The van der Waals surface area contributed by atoms with Gasteiger partial charge in [-0.05, 0) is 49.4 Å². The molecule has 0 bridgehead atoms. The molecule has 1 unspecified atom stereocenters. The lowest BCUT2D eigenvalue weighted by Crippen LogP contribution is -2.50. The van der Waals surface area contributed by atoms with E-state index in [2.05, 4.69) is 38.3 Å². The molecule has 1 heterocycles. The summed E-state index contributed by atoms with van der Waals surface area (Å²) < 4.78 is 24.0. The van der Waals surface area contributed by atoms with Crippen LogP contribution in [-0.2, 0) is 21.7 Å². The smallest absolute Gasteiger partial charge is 0.268 e. The molecule has 0 saturated heterocycles. The molecular formula is C32H44N4O4S. The molecule has 0 saturated carbocycles. The van der Waals surface area contributed by atoms with Crippen molar-refractivity contribution in [3.05, 3.63) is 65.9 Å². The Morgan fingerprint density at radius 2 is 1.63 bits per heavy atom. The molecule has 2 N–H and O–H groups in total. The van der Waals surface area contributed by atoms with Crippen LogP contribution in [0.4, 0.5) is 0 Å². The second-order valence-corrected chi connectivity index (χ2v) is 12.8. The molecule has 2 aromatic carbocycles. The zero-order valence-corrected chi connectivity index (χ0v) is 25.9. The SMILES string of the molecule is CCCCC(CCC)NC(=O)[C@H](CC(C)C)NC(=O)c1cc2ccccc2n1C.CS(=O)(=O)c1ccccc1C#N. The monoisotopic (exact) mass is 580 g/mol. The number of carbonyl (C=O) groups excluding carboxylic acids is 2. The Morgan fingerprint density at radius 1 is 0.976 bits per heavy atom. The Hall–Kier alpha value is -3.64. The molecule has 0 fully saturated rings. The van der Waals surface area contributed by atoms with Crippen molar-refractivity contribution in [1.82, 2.24) is 15.2 Å². The molecule has 8 nitrogen and oxygen atoms in total. The highest BCUT2D eigenvalue weighted by Crippen LogP contribution is 2.19. The number of hydrogen-bond donors (Lipinski definition) is 2. The number of carbonyl (C=O) groups is 2. The van der Waals surface area contributed by atoms with Gasteiger partial charge >= 0.3 is 0 Å². The molecule has 0 aliphatic heterocycles. The highest BCUT2D eigenvalue weighted by Gasteiger charge is 2.25. The fraction of sp³-hybridized carbons (Fsp3) is 0.469. The largest absolute Gasteiger partial charge is 0.352 e. The second kappa shape index (κ2) is 16.0. The highest BCUT2D eigenvalue weighted by molar-refractivity contribution is 7.90. The predicted molar refractivity (Wildman–Crippen MR) is 164 cm³/mol. The fourth-order valence-corrected chi connectivity index (χ4v) is 5.55. The number of unbranched alkanes of at least 4 members (excludes halogenated alkanes) is 1. The standard InChI is InChI=1S/C24H37N3O2.C8H7NO2S/c1-6-8-13-19(11-7-2)25-23(28)20(15-17(3)4)26-24(29)22-16-18-12-9-10-14-21(18)27(22)5;1-12(10,11)8-5-3-2-4-7(8)6-9/h9-10,12,14,16-17,19-20H,6-8,11,13,15H2,1-5H3,(H,25,28)(H,26,29);2-5H,1H3/t19?,20-;/m0./s1. The highest BCUT2D eigenvalue weighted by atomic mass is 32.2. The molecule has 3 rings (SSSR count). The lowest BCUT2D eigenvalue weighted by atomic mass is 10.0. The van der Waals surface area contributed by atoms with Crippen molar-refractivity contribution >= 4 is 32.6 Å². The number of aryl methyl sites for hydroxylation is 1. The van der Waals surface area contributed by atoms with Gasteiger partial charge in [-0.15, -0.1) is 0 Å². The van der Waals surface area contributed by atoms with Gasteiger partial charge in [0.2, 0.25) is 5.91 Å². The quantitative estimate of drug-likeness (QED) is 0.282. The molecule has 0 aliphatic rings. The third kappa shape index (κ3) is 10.0. The van der Waals surface area contributed by atoms with Gasteiger partial charge in [-0.3, -0.25) is 9.59 Å². The number of rotatable bonds is 12. The number of aromatic nitrogens is 1. The Morgan fingerprint density at radius 3 is 2.20 bits per heavy atom.